The molecule has 0 atom stereocenters. The highest BCUT2D eigenvalue weighted by molar-refractivity contribution is 7.89. The van der Waals surface area contributed by atoms with E-state index in [1.807, 2.05) is 13.1 Å². The van der Waals surface area contributed by atoms with Crippen LogP contribution in [0.4, 0.5) is 17.5 Å². The predicted molar refractivity (Wildman–Crippen MR) is 132 cm³/mol. The quantitative estimate of drug-likeness (QED) is 0.350. The van der Waals surface area contributed by atoms with Crippen LogP contribution in [0.25, 0.3) is 11.1 Å². The van der Waals surface area contributed by atoms with Crippen LogP contribution in [0.5, 0.6) is 0 Å². The van der Waals surface area contributed by atoms with Crippen LogP contribution in [0.15, 0.2) is 45.9 Å². The Hall–Kier alpha value is -2.73. The van der Waals surface area contributed by atoms with Crippen molar-refractivity contribution in [1.82, 2.24) is 20.0 Å². The molecule has 0 unspecified atom stereocenters. The zero-order chi connectivity index (χ0) is 24.0. The van der Waals surface area contributed by atoms with Crippen LogP contribution in [0.3, 0.4) is 0 Å². The number of hydrogen-bond donors (Lipinski definition) is 3. The standard InChI is InChI=1S/C23H32N6O4S/c1-24-16-17-8-12-29(13-9-17)22-21-20(10-15-33-21)27-23(28-22)26-18-4-6-19(7-5-18)34(30,31)25-11-3-14-32-2/h4-7,10,15,17,24-25H,3,8-9,11-14,16H2,1-2H3,(H,26,27,28). The maximum Gasteiger partial charge on any atom is 0.240 e. The molecule has 4 rings (SSSR count). The first-order valence-corrected chi connectivity index (χ1v) is 13.0. The molecule has 0 radical (unpaired) electrons. The number of ether oxygens (including phenoxy) is 1. The number of sulfonamides is 1. The van der Waals surface area contributed by atoms with Crippen molar-refractivity contribution >= 4 is 38.6 Å². The van der Waals surface area contributed by atoms with Gasteiger partial charge in [-0.05, 0) is 63.0 Å². The number of benzene rings is 1. The van der Waals surface area contributed by atoms with Gasteiger partial charge in [0, 0.05) is 45.1 Å². The minimum Gasteiger partial charge on any atom is -0.459 e. The van der Waals surface area contributed by atoms with Crippen molar-refractivity contribution in [2.45, 2.75) is 24.2 Å². The Morgan fingerprint density at radius 1 is 1.15 bits per heavy atom. The van der Waals surface area contributed by atoms with E-state index in [1.165, 1.54) is 0 Å². The first-order chi connectivity index (χ1) is 16.5. The van der Waals surface area contributed by atoms with Crippen molar-refractivity contribution in [3.63, 3.8) is 0 Å². The molecule has 1 fully saturated rings. The van der Waals surface area contributed by atoms with Crippen LogP contribution in [0, 0.1) is 5.92 Å². The van der Waals surface area contributed by atoms with Crippen LogP contribution in [-0.2, 0) is 14.8 Å². The van der Waals surface area contributed by atoms with E-state index in [0.717, 1.165) is 43.8 Å². The number of nitrogens with one attached hydrogen (secondary N) is 3. The van der Waals surface area contributed by atoms with E-state index in [9.17, 15) is 8.42 Å². The predicted octanol–water partition coefficient (Wildman–Crippen LogP) is 2.72. The average Bonchev–Trinajstić information content (AvgIpc) is 3.31. The molecule has 1 aliphatic rings. The van der Waals surface area contributed by atoms with Gasteiger partial charge >= 0.3 is 0 Å². The number of anilines is 3. The molecule has 1 aliphatic heterocycles. The van der Waals surface area contributed by atoms with Gasteiger partial charge in [0.15, 0.2) is 11.4 Å². The number of methoxy groups -OCH3 is 1. The highest BCUT2D eigenvalue weighted by Gasteiger charge is 2.23. The van der Waals surface area contributed by atoms with Crippen LogP contribution < -0.4 is 20.3 Å². The zero-order valence-corrected chi connectivity index (χ0v) is 20.4. The Bertz CT molecular complexity index is 1170. The summed E-state index contributed by atoms with van der Waals surface area (Å²) in [6, 6.07) is 8.35. The SMILES string of the molecule is CNCC1CCN(c2nc(Nc3ccc(S(=O)(=O)NCCCOC)cc3)nc3ccoc23)CC1. The Morgan fingerprint density at radius 2 is 1.91 bits per heavy atom. The molecule has 34 heavy (non-hydrogen) atoms. The van der Waals surface area contributed by atoms with Gasteiger partial charge in [-0.15, -0.1) is 0 Å². The number of rotatable bonds is 11. The minimum absolute atomic E-state index is 0.201. The van der Waals surface area contributed by atoms with E-state index in [0.29, 0.717) is 42.7 Å². The average molecular weight is 489 g/mol. The summed E-state index contributed by atoms with van der Waals surface area (Å²) in [4.78, 5) is 11.8. The lowest BCUT2D eigenvalue weighted by atomic mass is 9.97. The highest BCUT2D eigenvalue weighted by atomic mass is 32.2. The van der Waals surface area contributed by atoms with E-state index in [-0.39, 0.29) is 4.90 Å². The topological polar surface area (TPSA) is 122 Å². The van der Waals surface area contributed by atoms with E-state index < -0.39 is 10.0 Å². The van der Waals surface area contributed by atoms with Crippen LogP contribution in [-0.4, -0.2) is 65.3 Å². The molecule has 1 aromatic carbocycles. The maximum atomic E-state index is 12.4. The molecule has 0 saturated carbocycles. The zero-order valence-electron chi connectivity index (χ0n) is 19.6. The molecule has 3 heterocycles. The third-order valence-electron chi connectivity index (χ3n) is 5.93. The van der Waals surface area contributed by atoms with Crippen molar-refractivity contribution in [1.29, 1.82) is 0 Å². The largest absolute Gasteiger partial charge is 0.459 e. The van der Waals surface area contributed by atoms with Gasteiger partial charge in [-0.1, -0.05) is 0 Å². The molecule has 3 aromatic rings. The Labute approximate surface area is 200 Å². The lowest BCUT2D eigenvalue weighted by Gasteiger charge is -2.32. The Morgan fingerprint density at radius 3 is 2.62 bits per heavy atom. The minimum atomic E-state index is -3.57. The van der Waals surface area contributed by atoms with Crippen LogP contribution >= 0.6 is 0 Å². The summed E-state index contributed by atoms with van der Waals surface area (Å²) in [6.45, 7) is 3.66. The normalized spacial score (nSPS) is 15.2. The fraction of sp³-hybridized carbons (Fsp3) is 0.478. The van der Waals surface area contributed by atoms with Gasteiger partial charge in [0.05, 0.1) is 11.2 Å². The molecule has 3 N–H and O–H groups in total. The lowest BCUT2D eigenvalue weighted by molar-refractivity contribution is 0.196. The highest BCUT2D eigenvalue weighted by Crippen LogP contribution is 2.30. The summed E-state index contributed by atoms with van der Waals surface area (Å²) >= 11 is 0. The van der Waals surface area contributed by atoms with Gasteiger partial charge in [0.1, 0.15) is 5.52 Å². The van der Waals surface area contributed by atoms with Crippen molar-refractivity contribution in [2.24, 2.45) is 5.92 Å². The van der Waals surface area contributed by atoms with E-state index >= 15 is 0 Å². The maximum absolute atomic E-state index is 12.4. The molecule has 10 nitrogen and oxygen atoms in total. The van der Waals surface area contributed by atoms with Crippen molar-refractivity contribution < 1.29 is 17.6 Å². The fourth-order valence-corrected chi connectivity index (χ4v) is 5.18. The van der Waals surface area contributed by atoms with Crippen LogP contribution in [0.1, 0.15) is 19.3 Å². The second-order valence-electron chi connectivity index (χ2n) is 8.39. The summed E-state index contributed by atoms with van der Waals surface area (Å²) in [5.41, 5.74) is 2.10. The molecule has 0 bridgehead atoms. The van der Waals surface area contributed by atoms with Crippen LogP contribution in [0.2, 0.25) is 0 Å². The summed E-state index contributed by atoms with van der Waals surface area (Å²) in [7, 11) is 0.00654. The molecule has 0 spiro atoms. The molecule has 1 saturated heterocycles. The summed E-state index contributed by atoms with van der Waals surface area (Å²) in [6.07, 6.45) is 4.41. The Kier molecular flexibility index (Phi) is 7.99. The van der Waals surface area contributed by atoms with Gasteiger partial charge in [0.25, 0.3) is 0 Å². The van der Waals surface area contributed by atoms with E-state index in [1.54, 1.807) is 37.6 Å². The molecular weight excluding hydrogens is 456 g/mol. The molecule has 0 amide bonds. The van der Waals surface area contributed by atoms with Gasteiger partial charge < -0.3 is 24.7 Å². The number of nitrogens with zero attached hydrogens (tertiary/aromatic N) is 3. The Balaban J connectivity index is 1.47. The second kappa shape index (κ2) is 11.1. The number of furan rings is 1. The van der Waals surface area contributed by atoms with Crippen molar-refractivity contribution in [3.05, 3.63) is 36.6 Å². The third-order valence-corrected chi connectivity index (χ3v) is 7.41. The second-order valence-corrected chi connectivity index (χ2v) is 10.2. The number of aromatic nitrogens is 2. The molecular formula is C23H32N6O4S. The molecule has 0 aliphatic carbocycles. The third kappa shape index (κ3) is 5.84. The first kappa shape index (κ1) is 24.4. The molecule has 2 aromatic heterocycles. The molecule has 11 heteroatoms. The van der Waals surface area contributed by atoms with E-state index in [2.05, 4.69) is 25.2 Å². The number of hydrogen-bond acceptors (Lipinski definition) is 9. The summed E-state index contributed by atoms with van der Waals surface area (Å²) < 4.78 is 38.1. The fourth-order valence-electron chi connectivity index (χ4n) is 4.11. The van der Waals surface area contributed by atoms with Gasteiger partial charge in [-0.3, -0.25) is 0 Å². The first-order valence-electron chi connectivity index (χ1n) is 11.5. The monoisotopic (exact) mass is 488 g/mol. The number of piperidine rings is 1. The summed E-state index contributed by atoms with van der Waals surface area (Å²) in [5, 5.41) is 6.46. The van der Waals surface area contributed by atoms with Gasteiger partial charge in [-0.2, -0.15) is 4.98 Å². The van der Waals surface area contributed by atoms with Crippen molar-refractivity contribution in [3.8, 4) is 0 Å². The molecule has 184 valence electrons. The lowest BCUT2D eigenvalue weighted by Crippen LogP contribution is -2.37. The van der Waals surface area contributed by atoms with E-state index in [4.69, 9.17) is 14.1 Å². The van der Waals surface area contributed by atoms with Gasteiger partial charge in [-0.25, -0.2) is 18.1 Å². The smallest absolute Gasteiger partial charge is 0.240 e. The van der Waals surface area contributed by atoms with Crippen molar-refractivity contribution in [2.75, 3.05) is 57.2 Å². The van der Waals surface area contributed by atoms with Gasteiger partial charge in [0.2, 0.25) is 16.0 Å². The summed E-state index contributed by atoms with van der Waals surface area (Å²) in [5.74, 6) is 1.88. The number of fused-ring (bicyclic) bond motifs is 1.